The molecule has 0 atom stereocenters. The first-order valence-corrected chi connectivity index (χ1v) is 6.98. The fraction of sp³-hybridized carbons (Fsp3) is 0.353. The van der Waals surface area contributed by atoms with Crippen LogP contribution in [-0.2, 0) is 12.0 Å². The highest BCUT2D eigenvalue weighted by Crippen LogP contribution is 2.29. The third-order valence-electron chi connectivity index (χ3n) is 3.76. The van der Waals surface area contributed by atoms with Gasteiger partial charge in [-0.15, -0.1) is 0 Å². The maximum atomic E-state index is 5.78. The lowest BCUT2D eigenvalue weighted by Gasteiger charge is -2.23. The molecule has 0 saturated heterocycles. The maximum Gasteiger partial charge on any atom is 0.145 e. The van der Waals surface area contributed by atoms with E-state index in [9.17, 15) is 0 Å². The minimum absolute atomic E-state index is 0.197. The van der Waals surface area contributed by atoms with Crippen LogP contribution in [0.5, 0.6) is 11.5 Å². The highest BCUT2D eigenvalue weighted by atomic mass is 16.5. The Labute approximate surface area is 120 Å². The Morgan fingerprint density at radius 1 is 1.05 bits per heavy atom. The Kier molecular flexibility index (Phi) is 4.40. The molecule has 0 fully saturated rings. The van der Waals surface area contributed by atoms with Crippen LogP contribution in [0.25, 0.3) is 0 Å². The SMILES string of the molecule is CCC(C)(C)c1ccc(Oc2ccc(CN)nc2)cc1. The molecule has 106 valence electrons. The fourth-order valence-electron chi connectivity index (χ4n) is 1.91. The summed E-state index contributed by atoms with van der Waals surface area (Å²) in [6.45, 7) is 7.15. The molecule has 20 heavy (non-hydrogen) atoms. The first-order valence-electron chi connectivity index (χ1n) is 6.98. The molecular weight excluding hydrogens is 248 g/mol. The molecule has 2 aromatic rings. The molecule has 0 spiro atoms. The van der Waals surface area contributed by atoms with Gasteiger partial charge in [-0.05, 0) is 41.7 Å². The second kappa shape index (κ2) is 6.06. The van der Waals surface area contributed by atoms with Crippen molar-refractivity contribution in [3.8, 4) is 11.5 Å². The van der Waals surface area contributed by atoms with Gasteiger partial charge in [-0.25, -0.2) is 0 Å². The zero-order valence-electron chi connectivity index (χ0n) is 12.4. The lowest BCUT2D eigenvalue weighted by atomic mass is 9.82. The van der Waals surface area contributed by atoms with Crippen LogP contribution in [0, 0.1) is 0 Å². The predicted octanol–water partition coefficient (Wildman–Crippen LogP) is 4.02. The molecule has 1 aromatic heterocycles. The Bertz CT molecular complexity index is 544. The Morgan fingerprint density at radius 2 is 1.70 bits per heavy atom. The van der Waals surface area contributed by atoms with E-state index in [0.717, 1.165) is 23.6 Å². The largest absolute Gasteiger partial charge is 0.456 e. The molecule has 0 aliphatic rings. The first kappa shape index (κ1) is 14.5. The second-order valence-electron chi connectivity index (χ2n) is 5.55. The normalized spacial score (nSPS) is 11.4. The molecule has 0 saturated carbocycles. The fourth-order valence-corrected chi connectivity index (χ4v) is 1.91. The summed E-state index contributed by atoms with van der Waals surface area (Å²) in [5.74, 6) is 1.55. The summed E-state index contributed by atoms with van der Waals surface area (Å²) in [5, 5.41) is 0. The Morgan fingerprint density at radius 3 is 2.20 bits per heavy atom. The number of hydrogen-bond acceptors (Lipinski definition) is 3. The summed E-state index contributed by atoms with van der Waals surface area (Å²) in [6.07, 6.45) is 2.81. The van der Waals surface area contributed by atoms with Crippen molar-refractivity contribution in [2.45, 2.75) is 39.2 Å². The van der Waals surface area contributed by atoms with Crippen molar-refractivity contribution in [2.75, 3.05) is 0 Å². The van der Waals surface area contributed by atoms with Crippen molar-refractivity contribution in [3.63, 3.8) is 0 Å². The molecule has 3 nitrogen and oxygen atoms in total. The summed E-state index contributed by atoms with van der Waals surface area (Å²) in [6, 6.07) is 12.0. The quantitative estimate of drug-likeness (QED) is 0.892. The number of aromatic nitrogens is 1. The van der Waals surface area contributed by atoms with E-state index >= 15 is 0 Å². The second-order valence-corrected chi connectivity index (χ2v) is 5.55. The molecule has 1 aromatic carbocycles. The Hall–Kier alpha value is -1.87. The number of hydrogen-bond donors (Lipinski definition) is 1. The summed E-state index contributed by atoms with van der Waals surface area (Å²) >= 11 is 0. The average molecular weight is 270 g/mol. The van der Waals surface area contributed by atoms with Crippen LogP contribution >= 0.6 is 0 Å². The predicted molar refractivity (Wildman–Crippen MR) is 82.0 cm³/mol. The molecule has 0 aliphatic carbocycles. The highest BCUT2D eigenvalue weighted by molar-refractivity contribution is 5.34. The summed E-state index contributed by atoms with van der Waals surface area (Å²) in [4.78, 5) is 4.21. The molecule has 0 unspecified atom stereocenters. The molecule has 0 radical (unpaired) electrons. The van der Waals surface area contributed by atoms with E-state index in [1.807, 2.05) is 24.3 Å². The number of nitrogens with two attached hydrogens (primary N) is 1. The number of pyridine rings is 1. The lowest BCUT2D eigenvalue weighted by molar-refractivity contribution is 0.475. The molecule has 2 rings (SSSR count). The van der Waals surface area contributed by atoms with Crippen molar-refractivity contribution < 1.29 is 4.74 Å². The van der Waals surface area contributed by atoms with Crippen LogP contribution in [0.15, 0.2) is 42.6 Å². The molecule has 1 heterocycles. The maximum absolute atomic E-state index is 5.78. The van der Waals surface area contributed by atoms with Gasteiger partial charge in [0.15, 0.2) is 0 Å². The minimum atomic E-state index is 0.197. The van der Waals surface area contributed by atoms with Crippen molar-refractivity contribution in [1.29, 1.82) is 0 Å². The van der Waals surface area contributed by atoms with Gasteiger partial charge in [0.1, 0.15) is 11.5 Å². The van der Waals surface area contributed by atoms with Gasteiger partial charge in [-0.1, -0.05) is 32.9 Å². The van der Waals surface area contributed by atoms with Crippen LogP contribution in [0.3, 0.4) is 0 Å². The van der Waals surface area contributed by atoms with Gasteiger partial charge >= 0.3 is 0 Å². The topological polar surface area (TPSA) is 48.1 Å². The third kappa shape index (κ3) is 3.36. The van der Waals surface area contributed by atoms with Crippen LogP contribution < -0.4 is 10.5 Å². The van der Waals surface area contributed by atoms with Crippen LogP contribution in [0.4, 0.5) is 0 Å². The van der Waals surface area contributed by atoms with Gasteiger partial charge in [-0.3, -0.25) is 4.98 Å². The molecule has 0 bridgehead atoms. The third-order valence-corrected chi connectivity index (χ3v) is 3.76. The molecule has 3 heteroatoms. The summed E-state index contributed by atoms with van der Waals surface area (Å²) < 4.78 is 5.78. The van der Waals surface area contributed by atoms with Gasteiger partial charge in [-0.2, -0.15) is 0 Å². The van der Waals surface area contributed by atoms with Crippen molar-refractivity contribution in [1.82, 2.24) is 4.98 Å². The van der Waals surface area contributed by atoms with Crippen LogP contribution in [0.2, 0.25) is 0 Å². The van der Waals surface area contributed by atoms with E-state index in [1.165, 1.54) is 5.56 Å². The van der Waals surface area contributed by atoms with E-state index in [-0.39, 0.29) is 5.41 Å². The van der Waals surface area contributed by atoms with Crippen LogP contribution in [0.1, 0.15) is 38.4 Å². The molecule has 2 N–H and O–H groups in total. The smallest absolute Gasteiger partial charge is 0.145 e. The number of benzene rings is 1. The standard InChI is InChI=1S/C17H22N2O/c1-4-17(2,3)13-5-8-15(9-6-13)20-16-10-7-14(11-18)19-12-16/h5-10,12H,4,11,18H2,1-3H3. The van der Waals surface area contributed by atoms with Crippen molar-refractivity contribution in [3.05, 3.63) is 53.9 Å². The zero-order valence-corrected chi connectivity index (χ0v) is 12.4. The van der Waals surface area contributed by atoms with Crippen LogP contribution in [-0.4, -0.2) is 4.98 Å². The highest BCUT2D eigenvalue weighted by Gasteiger charge is 2.17. The molecular formula is C17H22N2O. The number of nitrogens with zero attached hydrogens (tertiary/aromatic N) is 1. The van der Waals surface area contributed by atoms with Crippen molar-refractivity contribution in [2.24, 2.45) is 5.73 Å². The number of rotatable bonds is 5. The first-order chi connectivity index (χ1) is 9.55. The van der Waals surface area contributed by atoms with Gasteiger partial charge in [0.05, 0.1) is 11.9 Å². The minimum Gasteiger partial charge on any atom is -0.456 e. The van der Waals surface area contributed by atoms with Crippen molar-refractivity contribution >= 4 is 0 Å². The molecule has 0 aliphatic heterocycles. The van der Waals surface area contributed by atoms with E-state index in [2.05, 4.69) is 37.9 Å². The number of ether oxygens (including phenoxy) is 1. The van der Waals surface area contributed by atoms with Gasteiger partial charge in [0, 0.05) is 6.54 Å². The lowest BCUT2D eigenvalue weighted by Crippen LogP contribution is -2.14. The van der Waals surface area contributed by atoms with Gasteiger partial charge < -0.3 is 10.5 Å². The Balaban J connectivity index is 2.10. The van der Waals surface area contributed by atoms with Gasteiger partial charge in [0.2, 0.25) is 0 Å². The molecule has 0 amide bonds. The van der Waals surface area contributed by atoms with E-state index in [1.54, 1.807) is 6.20 Å². The van der Waals surface area contributed by atoms with Gasteiger partial charge in [0.25, 0.3) is 0 Å². The van der Waals surface area contributed by atoms with E-state index in [4.69, 9.17) is 10.5 Å². The zero-order chi connectivity index (χ0) is 14.6. The van der Waals surface area contributed by atoms with E-state index < -0.39 is 0 Å². The summed E-state index contributed by atoms with van der Waals surface area (Å²) in [7, 11) is 0. The van der Waals surface area contributed by atoms with E-state index in [0.29, 0.717) is 6.54 Å². The summed E-state index contributed by atoms with van der Waals surface area (Å²) in [5.41, 5.74) is 7.90. The monoisotopic (exact) mass is 270 g/mol. The average Bonchev–Trinajstić information content (AvgIpc) is 2.48.